The van der Waals surface area contributed by atoms with Crippen LogP contribution in [0.2, 0.25) is 0 Å². The number of halogens is 1. The number of imide groups is 1. The molecule has 28 heavy (non-hydrogen) atoms. The predicted molar refractivity (Wildman–Crippen MR) is 95.2 cm³/mol. The first-order valence-corrected chi connectivity index (χ1v) is 8.88. The lowest BCUT2D eigenvalue weighted by molar-refractivity contribution is -0.132. The molecule has 2 aliphatic rings. The van der Waals surface area contributed by atoms with Gasteiger partial charge in [-0.15, -0.1) is 0 Å². The van der Waals surface area contributed by atoms with Crippen LogP contribution >= 0.6 is 0 Å². The third-order valence-electron chi connectivity index (χ3n) is 5.29. The zero-order valence-electron chi connectivity index (χ0n) is 14.7. The molecule has 1 aliphatic carbocycles. The molecule has 5 rings (SSSR count). The van der Waals surface area contributed by atoms with Crippen LogP contribution in [0.25, 0.3) is 11.4 Å². The lowest BCUT2D eigenvalue weighted by Crippen LogP contribution is -2.41. The van der Waals surface area contributed by atoms with Gasteiger partial charge in [0.15, 0.2) is 0 Å². The molecular weight excluding hydrogens is 363 g/mol. The lowest BCUT2D eigenvalue weighted by Gasteiger charge is -2.21. The van der Waals surface area contributed by atoms with Crippen molar-refractivity contribution in [2.75, 3.05) is 0 Å². The highest BCUT2D eigenvalue weighted by molar-refractivity contribution is 6.08. The number of hydrogen-bond acceptors (Lipinski definition) is 5. The summed E-state index contributed by atoms with van der Waals surface area (Å²) in [4.78, 5) is 31.0. The third-order valence-corrected chi connectivity index (χ3v) is 5.29. The van der Waals surface area contributed by atoms with Crippen LogP contribution in [0.3, 0.4) is 0 Å². The number of carbonyl (C=O) groups is 2. The molecule has 0 radical (unpaired) electrons. The van der Waals surface area contributed by atoms with E-state index in [1.54, 1.807) is 0 Å². The van der Waals surface area contributed by atoms with Crippen LogP contribution in [0.5, 0.6) is 0 Å². The number of nitrogens with one attached hydrogen (secondary N) is 1. The molecule has 1 aromatic heterocycles. The summed E-state index contributed by atoms with van der Waals surface area (Å²) in [6, 6.07) is 12.8. The van der Waals surface area contributed by atoms with E-state index in [-0.39, 0.29) is 30.0 Å². The normalized spacial score (nSPS) is 20.7. The minimum absolute atomic E-state index is 0.122. The molecule has 1 N–H and O–H groups in total. The van der Waals surface area contributed by atoms with Crippen LogP contribution in [0.15, 0.2) is 53.1 Å². The Morgan fingerprint density at radius 1 is 1.14 bits per heavy atom. The summed E-state index contributed by atoms with van der Waals surface area (Å²) in [5.41, 5.74) is 1.46. The van der Waals surface area contributed by atoms with Crippen LogP contribution in [-0.4, -0.2) is 27.0 Å². The molecule has 1 atom stereocenters. The Labute approximate surface area is 159 Å². The van der Waals surface area contributed by atoms with Gasteiger partial charge in [0, 0.05) is 5.56 Å². The Morgan fingerprint density at radius 2 is 1.93 bits per heavy atom. The first-order valence-electron chi connectivity index (χ1n) is 8.88. The smallest absolute Gasteiger partial charge is 0.325 e. The van der Waals surface area contributed by atoms with Crippen LogP contribution in [-0.2, 0) is 23.3 Å². The molecule has 3 aromatic rings. The summed E-state index contributed by atoms with van der Waals surface area (Å²) in [5, 5.41) is 6.71. The zero-order valence-corrected chi connectivity index (χ0v) is 14.7. The maximum Gasteiger partial charge on any atom is 0.325 e. The van der Waals surface area contributed by atoms with E-state index >= 15 is 0 Å². The van der Waals surface area contributed by atoms with E-state index in [2.05, 4.69) is 15.5 Å². The number of amides is 3. The SMILES string of the molecule is O=C1NC2(CCc3ccccc32)C(=O)N1Cc1nc(-c2ccc(F)cc2)no1. The number of hydrogen-bond donors (Lipinski definition) is 1. The summed E-state index contributed by atoms with van der Waals surface area (Å²) in [6.45, 7) is -0.122. The molecule has 1 spiro atoms. The average molecular weight is 378 g/mol. The molecule has 1 aliphatic heterocycles. The quantitative estimate of drug-likeness (QED) is 0.708. The number of carbonyl (C=O) groups excluding carboxylic acids is 2. The Kier molecular flexibility index (Phi) is 3.55. The third kappa shape index (κ3) is 2.41. The summed E-state index contributed by atoms with van der Waals surface area (Å²) >= 11 is 0. The summed E-state index contributed by atoms with van der Waals surface area (Å²) in [6.07, 6.45) is 1.25. The van der Waals surface area contributed by atoms with E-state index in [0.29, 0.717) is 12.0 Å². The second kappa shape index (κ2) is 5.98. The number of fused-ring (bicyclic) bond motifs is 2. The van der Waals surface area contributed by atoms with Crippen molar-refractivity contribution in [2.24, 2.45) is 0 Å². The van der Waals surface area contributed by atoms with E-state index in [1.165, 1.54) is 24.3 Å². The summed E-state index contributed by atoms with van der Waals surface area (Å²) in [5.74, 6) is -0.285. The van der Waals surface area contributed by atoms with Gasteiger partial charge < -0.3 is 9.84 Å². The monoisotopic (exact) mass is 378 g/mol. The van der Waals surface area contributed by atoms with Gasteiger partial charge in [-0.25, -0.2) is 9.18 Å². The van der Waals surface area contributed by atoms with Gasteiger partial charge in [-0.1, -0.05) is 29.4 Å². The zero-order chi connectivity index (χ0) is 19.3. The topological polar surface area (TPSA) is 88.3 Å². The first-order chi connectivity index (χ1) is 13.6. The fourth-order valence-electron chi connectivity index (χ4n) is 3.90. The van der Waals surface area contributed by atoms with Gasteiger partial charge in [0.2, 0.25) is 11.7 Å². The molecule has 1 saturated heterocycles. The van der Waals surface area contributed by atoms with Gasteiger partial charge >= 0.3 is 6.03 Å². The number of urea groups is 1. The highest BCUT2D eigenvalue weighted by atomic mass is 19.1. The Morgan fingerprint density at radius 3 is 2.75 bits per heavy atom. The highest BCUT2D eigenvalue weighted by Crippen LogP contribution is 2.41. The van der Waals surface area contributed by atoms with Gasteiger partial charge in [-0.05, 0) is 48.2 Å². The summed E-state index contributed by atoms with van der Waals surface area (Å²) < 4.78 is 18.3. The minimum atomic E-state index is -1.02. The first kappa shape index (κ1) is 16.6. The van der Waals surface area contributed by atoms with Crippen molar-refractivity contribution in [1.29, 1.82) is 0 Å². The number of aromatic nitrogens is 2. The fourth-order valence-corrected chi connectivity index (χ4v) is 3.90. The van der Waals surface area contributed by atoms with E-state index in [9.17, 15) is 14.0 Å². The molecule has 0 bridgehead atoms. The van der Waals surface area contributed by atoms with Crippen LogP contribution < -0.4 is 5.32 Å². The number of aryl methyl sites for hydroxylation is 1. The van der Waals surface area contributed by atoms with Gasteiger partial charge in [-0.3, -0.25) is 9.69 Å². The number of benzene rings is 2. The molecule has 1 fully saturated rings. The van der Waals surface area contributed by atoms with Crippen LogP contribution in [0.1, 0.15) is 23.4 Å². The minimum Gasteiger partial charge on any atom is -0.337 e. The highest BCUT2D eigenvalue weighted by Gasteiger charge is 2.55. The second-order valence-corrected chi connectivity index (χ2v) is 6.90. The fraction of sp³-hybridized carbons (Fsp3) is 0.200. The van der Waals surface area contributed by atoms with Crippen LogP contribution in [0, 0.1) is 5.82 Å². The molecule has 0 saturated carbocycles. The van der Waals surface area contributed by atoms with Crippen molar-refractivity contribution in [3.8, 4) is 11.4 Å². The average Bonchev–Trinajstić information content (AvgIpc) is 3.37. The maximum atomic E-state index is 13.1. The lowest BCUT2D eigenvalue weighted by atomic mass is 9.92. The van der Waals surface area contributed by atoms with Gasteiger partial charge in [0.1, 0.15) is 17.9 Å². The standard InChI is InChI=1S/C20H15FN4O3/c21-14-7-5-13(6-8-14)17-22-16(28-24-17)11-25-18(26)20(23-19(25)27)10-9-12-3-1-2-4-15(12)20/h1-8H,9-11H2,(H,23,27). The van der Waals surface area contributed by atoms with Crippen molar-refractivity contribution in [3.63, 3.8) is 0 Å². The Balaban J connectivity index is 1.40. The van der Waals surface area contributed by atoms with Crippen molar-refractivity contribution in [2.45, 2.75) is 24.9 Å². The van der Waals surface area contributed by atoms with Crippen molar-refractivity contribution in [1.82, 2.24) is 20.4 Å². The Bertz CT molecular complexity index is 1090. The van der Waals surface area contributed by atoms with E-state index in [0.717, 1.165) is 22.4 Å². The number of rotatable bonds is 3. The van der Waals surface area contributed by atoms with Gasteiger partial charge in [0.05, 0.1) is 0 Å². The predicted octanol–water partition coefficient (Wildman–Crippen LogP) is 2.77. The molecule has 3 amide bonds. The molecule has 140 valence electrons. The molecule has 1 unspecified atom stereocenters. The van der Waals surface area contributed by atoms with E-state index in [4.69, 9.17) is 4.52 Å². The second-order valence-electron chi connectivity index (χ2n) is 6.90. The van der Waals surface area contributed by atoms with Crippen molar-refractivity contribution < 1.29 is 18.5 Å². The summed E-state index contributed by atoms with van der Waals surface area (Å²) in [7, 11) is 0. The van der Waals surface area contributed by atoms with Crippen LogP contribution in [0.4, 0.5) is 9.18 Å². The molecule has 8 heteroatoms. The Hall–Kier alpha value is -3.55. The van der Waals surface area contributed by atoms with Gasteiger partial charge in [-0.2, -0.15) is 4.98 Å². The van der Waals surface area contributed by atoms with Gasteiger partial charge in [0.25, 0.3) is 5.91 Å². The van der Waals surface area contributed by atoms with E-state index in [1.807, 2.05) is 24.3 Å². The molecule has 2 heterocycles. The molecule has 7 nitrogen and oxygen atoms in total. The molecule has 2 aromatic carbocycles. The largest absolute Gasteiger partial charge is 0.337 e. The van der Waals surface area contributed by atoms with Crippen molar-refractivity contribution >= 4 is 11.9 Å². The maximum absolute atomic E-state index is 13.1. The molecular formula is C20H15FN4O3. The number of nitrogens with zero attached hydrogens (tertiary/aromatic N) is 3. The van der Waals surface area contributed by atoms with Crippen molar-refractivity contribution in [3.05, 3.63) is 71.4 Å². The van der Waals surface area contributed by atoms with E-state index < -0.39 is 11.6 Å².